The third kappa shape index (κ3) is 6.96. The number of nitrogens with one attached hydrogen (secondary N) is 1. The van der Waals surface area contributed by atoms with Crippen molar-refractivity contribution in [1.29, 1.82) is 5.26 Å². The highest BCUT2D eigenvalue weighted by Gasteiger charge is 2.32. The Morgan fingerprint density at radius 2 is 1.88 bits per heavy atom. The molecule has 1 aliphatic carbocycles. The minimum Gasteiger partial charge on any atom is -0.467 e. The predicted octanol–water partition coefficient (Wildman–Crippen LogP) is 4.26. The minimum atomic E-state index is -0.805. The topological polar surface area (TPSA) is 185 Å². The SMILES string of the molecule is COc1ncc(-c2ccc(N(C(=O)OCC(C)O)[C@H]3CC[C@H](Nc4ncc(C#N)c(-c5nocc5Cl)n4)CC3)nc2)cn1. The number of halogens is 1. The predicted molar refractivity (Wildman–Crippen MR) is 154 cm³/mol. The summed E-state index contributed by atoms with van der Waals surface area (Å²) in [4.78, 5) is 36.3. The van der Waals surface area contributed by atoms with E-state index >= 15 is 0 Å². The van der Waals surface area contributed by atoms with Gasteiger partial charge in [-0.2, -0.15) is 5.26 Å². The number of amides is 1. The van der Waals surface area contributed by atoms with E-state index in [0.717, 1.165) is 11.1 Å². The molecule has 0 aliphatic heterocycles. The van der Waals surface area contributed by atoms with E-state index in [1.165, 1.54) is 24.5 Å². The molecule has 4 aromatic heterocycles. The summed E-state index contributed by atoms with van der Waals surface area (Å²) in [5.41, 5.74) is 2.26. The fourth-order valence-corrected chi connectivity index (χ4v) is 4.88. The van der Waals surface area contributed by atoms with Gasteiger partial charge in [-0.3, -0.25) is 4.90 Å². The molecule has 4 heterocycles. The van der Waals surface area contributed by atoms with Crippen LogP contribution in [0.1, 0.15) is 38.2 Å². The van der Waals surface area contributed by atoms with Crippen LogP contribution in [0.5, 0.6) is 6.01 Å². The van der Waals surface area contributed by atoms with Crippen molar-refractivity contribution in [2.24, 2.45) is 0 Å². The summed E-state index contributed by atoms with van der Waals surface area (Å²) in [5.74, 6) is 0.749. The summed E-state index contributed by atoms with van der Waals surface area (Å²) in [6, 6.07) is 5.69. The zero-order chi connectivity index (χ0) is 30.3. The zero-order valence-corrected chi connectivity index (χ0v) is 24.1. The van der Waals surface area contributed by atoms with Gasteiger partial charge in [-0.25, -0.2) is 29.7 Å². The van der Waals surface area contributed by atoms with E-state index in [4.69, 9.17) is 25.6 Å². The van der Waals surface area contributed by atoms with Gasteiger partial charge >= 0.3 is 12.1 Å². The van der Waals surface area contributed by atoms with Gasteiger partial charge in [0.05, 0.1) is 25.0 Å². The molecule has 1 amide bonds. The lowest BCUT2D eigenvalue weighted by molar-refractivity contribution is 0.0800. The number of aliphatic hydroxyl groups is 1. The van der Waals surface area contributed by atoms with E-state index in [0.29, 0.717) is 37.4 Å². The molecule has 0 bridgehead atoms. The molecule has 43 heavy (non-hydrogen) atoms. The van der Waals surface area contributed by atoms with E-state index in [9.17, 15) is 15.2 Å². The largest absolute Gasteiger partial charge is 0.467 e. The van der Waals surface area contributed by atoms with Crippen LogP contribution >= 0.6 is 11.6 Å². The number of nitrogens with zero attached hydrogens (tertiary/aromatic N) is 8. The van der Waals surface area contributed by atoms with Crippen LogP contribution in [0.2, 0.25) is 5.02 Å². The van der Waals surface area contributed by atoms with E-state index in [-0.39, 0.29) is 46.7 Å². The Kier molecular flexibility index (Phi) is 9.23. The lowest BCUT2D eigenvalue weighted by Gasteiger charge is -2.36. The van der Waals surface area contributed by atoms with Gasteiger partial charge < -0.3 is 24.4 Å². The molecule has 1 atom stereocenters. The third-order valence-corrected chi connectivity index (χ3v) is 7.11. The number of anilines is 2. The minimum absolute atomic E-state index is 0.00515. The Morgan fingerprint density at radius 3 is 2.49 bits per heavy atom. The van der Waals surface area contributed by atoms with Crippen molar-refractivity contribution in [1.82, 2.24) is 30.1 Å². The average molecular weight is 606 g/mol. The molecule has 15 heteroatoms. The van der Waals surface area contributed by atoms with E-state index < -0.39 is 12.2 Å². The number of hydrogen-bond donors (Lipinski definition) is 2. The van der Waals surface area contributed by atoms with Gasteiger partial charge in [-0.15, -0.1) is 0 Å². The number of carbonyl (C=O) groups excluding carboxylic acids is 1. The molecule has 0 aromatic carbocycles. The molecule has 14 nitrogen and oxygen atoms in total. The van der Waals surface area contributed by atoms with Crippen molar-refractivity contribution in [3.8, 4) is 34.6 Å². The van der Waals surface area contributed by atoms with Gasteiger partial charge in [0, 0.05) is 41.8 Å². The third-order valence-electron chi connectivity index (χ3n) is 6.84. The Labute approximate surface area is 251 Å². The molecule has 1 aliphatic rings. The number of rotatable bonds is 9. The summed E-state index contributed by atoms with van der Waals surface area (Å²) in [6.07, 6.45) is 8.84. The van der Waals surface area contributed by atoms with Crippen LogP contribution in [0.3, 0.4) is 0 Å². The molecule has 0 saturated heterocycles. The molecule has 1 unspecified atom stereocenters. The van der Waals surface area contributed by atoms with E-state index in [1.54, 1.807) is 31.6 Å². The quantitative estimate of drug-likeness (QED) is 0.276. The average Bonchev–Trinajstić information content (AvgIpc) is 3.47. The molecule has 2 N–H and O–H groups in total. The molecule has 0 spiro atoms. The zero-order valence-electron chi connectivity index (χ0n) is 23.3. The Bertz CT molecular complexity index is 1580. The number of hydrogen-bond acceptors (Lipinski definition) is 13. The monoisotopic (exact) mass is 605 g/mol. The van der Waals surface area contributed by atoms with Gasteiger partial charge in [0.25, 0.3) is 0 Å². The van der Waals surface area contributed by atoms with Crippen molar-refractivity contribution in [3.05, 3.63) is 53.8 Å². The molecule has 1 saturated carbocycles. The Balaban J connectivity index is 1.29. The molecule has 5 rings (SSSR count). The maximum Gasteiger partial charge on any atom is 0.415 e. The normalized spacial score (nSPS) is 17.0. The van der Waals surface area contributed by atoms with Gasteiger partial charge in [0.2, 0.25) is 5.95 Å². The summed E-state index contributed by atoms with van der Waals surface area (Å²) in [6.45, 7) is 1.41. The van der Waals surface area contributed by atoms with Crippen LogP contribution in [0.25, 0.3) is 22.5 Å². The molecule has 1 fully saturated rings. The Hall–Kier alpha value is -4.87. The first kappa shape index (κ1) is 29.6. The van der Waals surface area contributed by atoms with Crippen LogP contribution in [0.4, 0.5) is 16.6 Å². The highest BCUT2D eigenvalue weighted by molar-refractivity contribution is 6.32. The number of carbonyl (C=O) groups is 1. The van der Waals surface area contributed by atoms with Crippen LogP contribution in [-0.2, 0) is 4.74 Å². The number of aliphatic hydroxyl groups excluding tert-OH is 1. The van der Waals surface area contributed by atoms with Gasteiger partial charge in [0.1, 0.15) is 35.5 Å². The second kappa shape index (κ2) is 13.4. The number of nitriles is 1. The van der Waals surface area contributed by atoms with Gasteiger partial charge in [-0.1, -0.05) is 16.8 Å². The van der Waals surface area contributed by atoms with Crippen LogP contribution < -0.4 is 15.0 Å². The summed E-state index contributed by atoms with van der Waals surface area (Å²) < 4.78 is 15.3. The van der Waals surface area contributed by atoms with E-state index in [2.05, 4.69) is 35.4 Å². The summed E-state index contributed by atoms with van der Waals surface area (Å²) >= 11 is 6.14. The van der Waals surface area contributed by atoms with Crippen LogP contribution in [0.15, 0.2) is 47.7 Å². The summed E-state index contributed by atoms with van der Waals surface area (Å²) in [5, 5.41) is 26.6. The maximum absolute atomic E-state index is 13.2. The lowest BCUT2D eigenvalue weighted by Crippen LogP contribution is -2.45. The molecule has 4 aromatic rings. The number of aromatic nitrogens is 6. The molecule has 0 radical (unpaired) electrons. The number of methoxy groups -OCH3 is 1. The van der Waals surface area contributed by atoms with Crippen molar-refractivity contribution in [3.63, 3.8) is 0 Å². The second-order valence-electron chi connectivity index (χ2n) is 9.89. The van der Waals surface area contributed by atoms with Crippen molar-refractivity contribution < 1.29 is 23.9 Å². The number of ether oxygens (including phenoxy) is 2. The maximum atomic E-state index is 13.2. The summed E-state index contributed by atoms with van der Waals surface area (Å²) in [7, 11) is 1.49. The fourth-order valence-electron chi connectivity index (χ4n) is 4.72. The molecular weight excluding hydrogens is 578 g/mol. The highest BCUT2D eigenvalue weighted by atomic mass is 35.5. The first-order chi connectivity index (χ1) is 20.9. The molecule has 222 valence electrons. The van der Waals surface area contributed by atoms with Crippen molar-refractivity contribution in [2.75, 3.05) is 23.9 Å². The standard InChI is InChI=1S/C28H28ClN9O5/c1-16(39)14-42-28(40)38(23-8-3-17(10-31-23)19-12-33-27(41-2)34-13-19)21-6-4-20(5-7-21)35-26-32-11-18(9-30)24(36-26)25-22(29)15-43-37-25/h3,8,10-13,15-16,20-21,39H,4-7,14H2,1-2H3,(H,32,35,36)/t16?,20-,21-. The highest BCUT2D eigenvalue weighted by Crippen LogP contribution is 2.31. The van der Waals surface area contributed by atoms with Crippen LogP contribution in [0, 0.1) is 11.3 Å². The first-order valence-electron chi connectivity index (χ1n) is 13.5. The van der Waals surface area contributed by atoms with Gasteiger partial charge in [0.15, 0.2) is 5.69 Å². The lowest BCUT2D eigenvalue weighted by atomic mass is 9.90. The smallest absolute Gasteiger partial charge is 0.415 e. The second-order valence-corrected chi connectivity index (χ2v) is 10.3. The van der Waals surface area contributed by atoms with Crippen LogP contribution in [-0.4, -0.2) is 73.2 Å². The van der Waals surface area contributed by atoms with Crippen molar-refractivity contribution in [2.45, 2.75) is 50.8 Å². The fraction of sp³-hybridized carbons (Fsp3) is 0.357. The van der Waals surface area contributed by atoms with Crippen molar-refractivity contribution >= 4 is 29.5 Å². The number of pyridine rings is 1. The molecular formula is C28H28ClN9O5. The van der Waals surface area contributed by atoms with Gasteiger partial charge in [-0.05, 0) is 44.7 Å². The van der Waals surface area contributed by atoms with E-state index in [1.807, 2.05) is 12.1 Å². The Morgan fingerprint density at radius 1 is 1.14 bits per heavy atom. The first-order valence-corrected chi connectivity index (χ1v) is 13.8.